The number of aryl methyl sites for hydroxylation is 1. The van der Waals surface area contributed by atoms with Crippen molar-refractivity contribution in [3.8, 4) is 0 Å². The smallest absolute Gasteiger partial charge is 0.222 e. The van der Waals surface area contributed by atoms with E-state index in [0.717, 1.165) is 56.6 Å². The molecule has 1 aromatic carbocycles. The van der Waals surface area contributed by atoms with Crippen molar-refractivity contribution in [2.24, 2.45) is 5.92 Å². The van der Waals surface area contributed by atoms with Crippen LogP contribution in [0, 0.1) is 11.7 Å². The Labute approximate surface area is 155 Å². The maximum Gasteiger partial charge on any atom is 0.222 e. The van der Waals surface area contributed by atoms with Crippen LogP contribution in [-0.4, -0.2) is 34.5 Å². The van der Waals surface area contributed by atoms with Gasteiger partial charge in [0.25, 0.3) is 0 Å². The highest BCUT2D eigenvalue weighted by molar-refractivity contribution is 5.24. The average Bonchev–Trinajstić information content (AvgIpc) is 2.67. The van der Waals surface area contributed by atoms with Crippen molar-refractivity contribution >= 4 is 5.95 Å². The van der Waals surface area contributed by atoms with E-state index in [1.54, 1.807) is 12.1 Å². The third-order valence-corrected chi connectivity index (χ3v) is 5.03. The van der Waals surface area contributed by atoms with Crippen LogP contribution in [0.25, 0.3) is 0 Å². The summed E-state index contributed by atoms with van der Waals surface area (Å²) in [5.41, 5.74) is 2.00. The fourth-order valence-electron chi connectivity index (χ4n) is 3.61. The van der Waals surface area contributed by atoms with Crippen LogP contribution in [0.5, 0.6) is 0 Å². The van der Waals surface area contributed by atoms with Crippen LogP contribution in [0.2, 0.25) is 0 Å². The molecule has 1 fully saturated rings. The summed E-state index contributed by atoms with van der Waals surface area (Å²) in [6.45, 7) is 6.11. The van der Waals surface area contributed by atoms with Gasteiger partial charge in [-0.05, 0) is 56.2 Å². The molecule has 0 bridgehead atoms. The predicted molar refractivity (Wildman–Crippen MR) is 104 cm³/mol. The largest absolute Gasteiger partial charge is 0.354 e. The fraction of sp³-hybridized carbons (Fsp3) is 0.524. The number of nitrogens with zero attached hydrogens (tertiary/aromatic N) is 3. The Hall–Kier alpha value is -2.01. The monoisotopic (exact) mass is 356 g/mol. The van der Waals surface area contributed by atoms with Crippen molar-refractivity contribution in [2.75, 3.05) is 25.0 Å². The fourth-order valence-corrected chi connectivity index (χ4v) is 3.61. The minimum atomic E-state index is -0.0749. The number of hydrogen-bond donors (Lipinski definition) is 1. The molecule has 0 saturated carbocycles. The average molecular weight is 356 g/mol. The van der Waals surface area contributed by atoms with Crippen LogP contribution < -0.4 is 5.32 Å². The van der Waals surface area contributed by atoms with Gasteiger partial charge in [0.1, 0.15) is 5.82 Å². The number of rotatable bonds is 8. The molecule has 1 atom stereocenters. The lowest BCUT2D eigenvalue weighted by Crippen LogP contribution is -2.35. The van der Waals surface area contributed by atoms with Gasteiger partial charge in [0.2, 0.25) is 5.95 Å². The van der Waals surface area contributed by atoms with E-state index in [4.69, 9.17) is 0 Å². The van der Waals surface area contributed by atoms with E-state index in [2.05, 4.69) is 27.1 Å². The van der Waals surface area contributed by atoms with Gasteiger partial charge in [-0.15, -0.1) is 0 Å². The first-order valence-corrected chi connectivity index (χ1v) is 9.75. The molecule has 1 N–H and O–H groups in total. The molecular weight excluding hydrogens is 327 g/mol. The number of aromatic nitrogens is 2. The van der Waals surface area contributed by atoms with Gasteiger partial charge in [-0.1, -0.05) is 25.1 Å². The molecular formula is C21H29FN4. The summed E-state index contributed by atoms with van der Waals surface area (Å²) in [7, 11) is 0. The minimum absolute atomic E-state index is 0.0749. The normalized spacial score (nSPS) is 18.0. The topological polar surface area (TPSA) is 41.1 Å². The number of piperidine rings is 1. The summed E-state index contributed by atoms with van der Waals surface area (Å²) < 4.78 is 13.8. The molecule has 0 radical (unpaired) electrons. The second-order valence-corrected chi connectivity index (χ2v) is 7.22. The Kier molecular flexibility index (Phi) is 6.95. The number of nitrogens with one attached hydrogen (secondary N) is 1. The SMILES string of the molecule is CCCNc1ncc(CN2CCC[C@@H](CCc3ccccc3F)C2)cn1. The van der Waals surface area contributed by atoms with Gasteiger partial charge in [0, 0.05) is 37.6 Å². The van der Waals surface area contributed by atoms with E-state index in [0.29, 0.717) is 11.9 Å². The Morgan fingerprint density at radius 3 is 2.81 bits per heavy atom. The van der Waals surface area contributed by atoms with Crippen LogP contribution in [0.4, 0.5) is 10.3 Å². The van der Waals surface area contributed by atoms with Gasteiger partial charge in [-0.25, -0.2) is 14.4 Å². The summed E-state index contributed by atoms with van der Waals surface area (Å²) in [6.07, 6.45) is 9.23. The molecule has 2 heterocycles. The number of anilines is 1. The van der Waals surface area contributed by atoms with Crippen molar-refractivity contribution in [1.29, 1.82) is 0 Å². The summed E-state index contributed by atoms with van der Waals surface area (Å²) in [6, 6.07) is 7.14. The highest BCUT2D eigenvalue weighted by Crippen LogP contribution is 2.23. The third kappa shape index (κ3) is 5.49. The van der Waals surface area contributed by atoms with E-state index in [1.807, 2.05) is 24.5 Å². The summed E-state index contributed by atoms with van der Waals surface area (Å²) in [4.78, 5) is 11.3. The van der Waals surface area contributed by atoms with Crippen molar-refractivity contribution in [3.05, 3.63) is 53.6 Å². The maximum atomic E-state index is 13.8. The van der Waals surface area contributed by atoms with Gasteiger partial charge in [-0.3, -0.25) is 4.90 Å². The molecule has 4 nitrogen and oxygen atoms in total. The lowest BCUT2D eigenvalue weighted by molar-refractivity contribution is 0.161. The zero-order valence-corrected chi connectivity index (χ0v) is 15.6. The molecule has 0 spiro atoms. The van der Waals surface area contributed by atoms with Gasteiger partial charge in [-0.2, -0.15) is 0 Å². The van der Waals surface area contributed by atoms with Crippen LogP contribution in [-0.2, 0) is 13.0 Å². The highest BCUT2D eigenvalue weighted by Gasteiger charge is 2.20. The first kappa shape index (κ1) is 18.8. The standard InChI is InChI=1S/C21H29FN4/c1-2-11-23-21-24-13-18(14-25-21)16-26-12-5-6-17(15-26)9-10-19-7-3-4-8-20(19)22/h3-4,7-8,13-14,17H,2,5-6,9-12,15-16H2,1H3,(H,23,24,25)/t17-/m0/s1. The van der Waals surface area contributed by atoms with Crippen LogP contribution in [0.1, 0.15) is 43.7 Å². The van der Waals surface area contributed by atoms with E-state index in [1.165, 1.54) is 12.8 Å². The molecule has 1 aliphatic heterocycles. The molecule has 5 heteroatoms. The van der Waals surface area contributed by atoms with E-state index < -0.39 is 0 Å². The molecule has 140 valence electrons. The van der Waals surface area contributed by atoms with Crippen molar-refractivity contribution in [2.45, 2.75) is 45.6 Å². The number of benzene rings is 1. The quantitative estimate of drug-likeness (QED) is 0.766. The number of halogens is 1. The molecule has 26 heavy (non-hydrogen) atoms. The van der Waals surface area contributed by atoms with Gasteiger partial charge < -0.3 is 5.32 Å². The van der Waals surface area contributed by atoms with E-state index in [9.17, 15) is 4.39 Å². The Balaban J connectivity index is 1.48. The molecule has 1 saturated heterocycles. The Bertz CT molecular complexity index is 674. The molecule has 3 rings (SSSR count). The van der Waals surface area contributed by atoms with E-state index in [-0.39, 0.29) is 5.82 Å². The zero-order valence-electron chi connectivity index (χ0n) is 15.6. The zero-order chi connectivity index (χ0) is 18.2. The maximum absolute atomic E-state index is 13.8. The molecule has 1 aliphatic rings. The molecule has 0 aliphatic carbocycles. The van der Waals surface area contributed by atoms with E-state index >= 15 is 0 Å². The lowest BCUT2D eigenvalue weighted by atomic mass is 9.91. The lowest BCUT2D eigenvalue weighted by Gasteiger charge is -2.32. The van der Waals surface area contributed by atoms with Gasteiger partial charge in [0.05, 0.1) is 0 Å². The minimum Gasteiger partial charge on any atom is -0.354 e. The molecule has 1 aromatic heterocycles. The molecule has 0 unspecified atom stereocenters. The summed E-state index contributed by atoms with van der Waals surface area (Å²) in [5, 5.41) is 3.20. The van der Waals surface area contributed by atoms with Crippen LogP contribution in [0.3, 0.4) is 0 Å². The van der Waals surface area contributed by atoms with Crippen LogP contribution >= 0.6 is 0 Å². The number of hydrogen-bond acceptors (Lipinski definition) is 4. The Morgan fingerprint density at radius 1 is 1.23 bits per heavy atom. The molecule has 0 amide bonds. The Morgan fingerprint density at radius 2 is 2.04 bits per heavy atom. The predicted octanol–water partition coefficient (Wildman–Crippen LogP) is 4.28. The van der Waals surface area contributed by atoms with Crippen molar-refractivity contribution < 1.29 is 4.39 Å². The summed E-state index contributed by atoms with van der Waals surface area (Å²) in [5.74, 6) is 1.26. The third-order valence-electron chi connectivity index (χ3n) is 5.03. The van der Waals surface area contributed by atoms with Crippen LogP contribution in [0.15, 0.2) is 36.7 Å². The second kappa shape index (κ2) is 9.62. The first-order chi connectivity index (χ1) is 12.7. The van der Waals surface area contributed by atoms with Crippen molar-refractivity contribution in [1.82, 2.24) is 14.9 Å². The summed E-state index contributed by atoms with van der Waals surface area (Å²) >= 11 is 0. The molecule has 2 aromatic rings. The first-order valence-electron chi connectivity index (χ1n) is 9.75. The number of likely N-dealkylation sites (tertiary alicyclic amines) is 1. The van der Waals surface area contributed by atoms with Gasteiger partial charge in [0.15, 0.2) is 0 Å². The van der Waals surface area contributed by atoms with Crippen molar-refractivity contribution in [3.63, 3.8) is 0 Å². The second-order valence-electron chi connectivity index (χ2n) is 7.22. The van der Waals surface area contributed by atoms with Gasteiger partial charge >= 0.3 is 0 Å². The highest BCUT2D eigenvalue weighted by atomic mass is 19.1.